The first-order valence-electron chi connectivity index (χ1n) is 18.4. The third-order valence-corrected chi connectivity index (χ3v) is 12.0. The van der Waals surface area contributed by atoms with Gasteiger partial charge < -0.3 is 10.2 Å². The highest BCUT2D eigenvalue weighted by molar-refractivity contribution is 8.02. The maximum atomic E-state index is 14.1. The number of fused-ring (bicyclic) bond motifs is 2. The van der Waals surface area contributed by atoms with E-state index >= 15 is 0 Å². The summed E-state index contributed by atoms with van der Waals surface area (Å²) in [5.74, 6) is 0.734. The van der Waals surface area contributed by atoms with Gasteiger partial charge in [-0.3, -0.25) is 9.59 Å². The van der Waals surface area contributed by atoms with E-state index in [9.17, 15) is 19.8 Å². The molecule has 0 heterocycles. The average molecular weight is 669 g/mol. The minimum atomic E-state index is -0.382. The normalized spacial score (nSPS) is 12.5. The molecular formula is C40H60O4S2. The number of aromatic hydroxyl groups is 2. The lowest BCUT2D eigenvalue weighted by Crippen LogP contribution is -2.23. The van der Waals surface area contributed by atoms with Gasteiger partial charge in [0.1, 0.15) is 11.5 Å². The fourth-order valence-electron chi connectivity index (χ4n) is 6.44. The summed E-state index contributed by atoms with van der Waals surface area (Å²) in [6.07, 6.45) is 25.7. The second-order valence-electron chi connectivity index (χ2n) is 13.2. The van der Waals surface area contributed by atoms with Gasteiger partial charge in [0.15, 0.2) is 11.6 Å². The van der Waals surface area contributed by atoms with Gasteiger partial charge in [-0.1, -0.05) is 129 Å². The van der Waals surface area contributed by atoms with E-state index in [1.807, 2.05) is 6.07 Å². The number of unbranched alkanes of at least 4 members (excludes halogenated alkanes) is 18. The molecule has 2 N–H and O–H groups in total. The summed E-state index contributed by atoms with van der Waals surface area (Å²) >= 11 is 3.46. The lowest BCUT2D eigenvalue weighted by atomic mass is 9.81. The zero-order valence-electron chi connectivity index (χ0n) is 29.2. The Morgan fingerprint density at radius 2 is 0.891 bits per heavy atom. The van der Waals surface area contributed by atoms with Gasteiger partial charge in [-0.05, 0) is 61.5 Å². The second-order valence-corrected chi connectivity index (χ2v) is 15.5. The van der Waals surface area contributed by atoms with Crippen molar-refractivity contribution in [1.29, 1.82) is 0 Å². The zero-order valence-corrected chi connectivity index (χ0v) is 30.9. The van der Waals surface area contributed by atoms with Crippen molar-refractivity contribution in [1.82, 2.24) is 0 Å². The number of phenols is 2. The minimum Gasteiger partial charge on any atom is -0.507 e. The molecule has 0 radical (unpaired) electrons. The van der Waals surface area contributed by atoms with Crippen molar-refractivity contribution in [2.24, 2.45) is 0 Å². The van der Waals surface area contributed by atoms with Crippen molar-refractivity contribution in [2.45, 2.75) is 166 Å². The molecule has 46 heavy (non-hydrogen) atoms. The molecule has 0 saturated carbocycles. The Bertz CT molecular complexity index is 1270. The lowest BCUT2D eigenvalue weighted by molar-refractivity contribution is 0.0971. The van der Waals surface area contributed by atoms with Crippen molar-refractivity contribution in [3.63, 3.8) is 0 Å². The van der Waals surface area contributed by atoms with Crippen molar-refractivity contribution in [2.75, 3.05) is 11.5 Å². The number of carbonyl (C=O) groups is 2. The quantitative estimate of drug-likeness (QED) is 0.0562. The fourth-order valence-corrected chi connectivity index (χ4v) is 8.87. The zero-order chi connectivity index (χ0) is 33.3. The fraction of sp³-hybridized carbons (Fsp3) is 0.650. The molecule has 1 aliphatic carbocycles. The first kappa shape index (κ1) is 38.5. The van der Waals surface area contributed by atoms with Crippen LogP contribution in [0.3, 0.4) is 0 Å². The Labute approximate surface area is 288 Å². The summed E-state index contributed by atoms with van der Waals surface area (Å²) in [4.78, 5) is 29.7. The molecule has 256 valence electrons. The molecule has 1 aliphatic rings. The summed E-state index contributed by atoms with van der Waals surface area (Å²) < 4.78 is 0. The largest absolute Gasteiger partial charge is 0.507 e. The topological polar surface area (TPSA) is 74.6 Å². The SMILES string of the molecule is CCCCCCCCCCCCSc1ccc2c(c1SCCCCCCCCCCCC)C(=O)c1c(O)c(C)c(C)c(O)c1C2=O. The van der Waals surface area contributed by atoms with Gasteiger partial charge in [0.25, 0.3) is 0 Å². The summed E-state index contributed by atoms with van der Waals surface area (Å²) in [5.41, 5.74) is 1.50. The van der Waals surface area contributed by atoms with Gasteiger partial charge in [-0.15, -0.1) is 23.5 Å². The van der Waals surface area contributed by atoms with Crippen LogP contribution in [0.1, 0.15) is 185 Å². The van der Waals surface area contributed by atoms with Gasteiger partial charge in [-0.25, -0.2) is 0 Å². The van der Waals surface area contributed by atoms with Crippen molar-refractivity contribution < 1.29 is 19.8 Å². The standard InChI is InChI=1S/C40H60O4S2/c1-5-7-9-11-13-15-17-19-21-23-27-45-32-26-25-31-33(40(32)46-28-24-22-20-18-16-14-12-10-8-6-2)39(44)35-34(38(31)43)36(41)29(3)30(4)37(35)42/h25-26,41-42H,5-24,27-28H2,1-4H3. The molecule has 2 aromatic rings. The Kier molecular flexibility index (Phi) is 17.7. The van der Waals surface area contributed by atoms with Crippen LogP contribution in [0.2, 0.25) is 0 Å². The van der Waals surface area contributed by atoms with Gasteiger partial charge in [0.2, 0.25) is 0 Å². The first-order valence-corrected chi connectivity index (χ1v) is 20.4. The molecule has 0 aliphatic heterocycles. The van der Waals surface area contributed by atoms with E-state index in [1.54, 1.807) is 43.4 Å². The predicted molar refractivity (Wildman–Crippen MR) is 198 cm³/mol. The molecule has 0 atom stereocenters. The van der Waals surface area contributed by atoms with Crippen LogP contribution in [0.15, 0.2) is 21.9 Å². The van der Waals surface area contributed by atoms with E-state index in [-0.39, 0.29) is 34.2 Å². The van der Waals surface area contributed by atoms with Crippen LogP contribution in [0.4, 0.5) is 0 Å². The Balaban J connectivity index is 1.65. The number of benzene rings is 2. The Morgan fingerprint density at radius 3 is 1.35 bits per heavy atom. The molecule has 4 nitrogen and oxygen atoms in total. The second kappa shape index (κ2) is 21.1. The van der Waals surface area contributed by atoms with Crippen LogP contribution >= 0.6 is 23.5 Å². The Hall–Kier alpha value is -1.92. The molecule has 0 fully saturated rings. The van der Waals surface area contributed by atoms with Crippen LogP contribution in [-0.4, -0.2) is 33.3 Å². The molecule has 0 bridgehead atoms. The van der Waals surface area contributed by atoms with Crippen LogP contribution in [0, 0.1) is 13.8 Å². The maximum Gasteiger partial charge on any atom is 0.199 e. The smallest absolute Gasteiger partial charge is 0.199 e. The monoisotopic (exact) mass is 668 g/mol. The number of carbonyl (C=O) groups excluding carboxylic acids is 2. The van der Waals surface area contributed by atoms with Gasteiger partial charge >= 0.3 is 0 Å². The predicted octanol–water partition coefficient (Wildman–Crippen LogP) is 12.5. The molecular weight excluding hydrogens is 609 g/mol. The summed E-state index contributed by atoms with van der Waals surface area (Å²) in [6.45, 7) is 7.86. The molecule has 2 aromatic carbocycles. The third kappa shape index (κ3) is 10.8. The molecule has 0 aromatic heterocycles. The Morgan fingerprint density at radius 1 is 0.500 bits per heavy atom. The summed E-state index contributed by atoms with van der Waals surface area (Å²) in [5, 5.41) is 21.9. The van der Waals surface area contributed by atoms with E-state index in [2.05, 4.69) is 13.8 Å². The number of thioether (sulfide) groups is 2. The molecule has 0 amide bonds. The van der Waals surface area contributed by atoms with Crippen molar-refractivity contribution in [3.05, 3.63) is 45.5 Å². The van der Waals surface area contributed by atoms with E-state index in [0.717, 1.165) is 34.1 Å². The van der Waals surface area contributed by atoms with Crippen LogP contribution < -0.4 is 0 Å². The third-order valence-electron chi connectivity index (χ3n) is 9.54. The number of hydrogen-bond acceptors (Lipinski definition) is 6. The first-order chi connectivity index (χ1) is 22.3. The highest BCUT2D eigenvalue weighted by Crippen LogP contribution is 2.46. The summed E-state index contributed by atoms with van der Waals surface area (Å²) in [6, 6.07) is 3.75. The molecule has 6 heteroatoms. The van der Waals surface area contributed by atoms with Gasteiger partial charge in [0, 0.05) is 20.9 Å². The van der Waals surface area contributed by atoms with Crippen molar-refractivity contribution in [3.8, 4) is 11.5 Å². The van der Waals surface area contributed by atoms with E-state index in [1.165, 1.54) is 116 Å². The maximum absolute atomic E-state index is 14.1. The molecule has 0 saturated heterocycles. The van der Waals surface area contributed by atoms with Crippen molar-refractivity contribution >= 4 is 35.1 Å². The number of ketones is 2. The summed E-state index contributed by atoms with van der Waals surface area (Å²) in [7, 11) is 0. The molecule has 0 spiro atoms. The lowest BCUT2D eigenvalue weighted by Gasteiger charge is -2.25. The van der Waals surface area contributed by atoms with Crippen LogP contribution in [-0.2, 0) is 0 Å². The molecule has 0 unspecified atom stereocenters. The van der Waals surface area contributed by atoms with Crippen LogP contribution in [0.5, 0.6) is 11.5 Å². The van der Waals surface area contributed by atoms with E-state index in [4.69, 9.17) is 0 Å². The highest BCUT2D eigenvalue weighted by Gasteiger charge is 2.38. The number of hydrogen-bond donors (Lipinski definition) is 2. The molecule has 3 rings (SSSR count). The van der Waals surface area contributed by atoms with Gasteiger partial charge in [-0.2, -0.15) is 0 Å². The van der Waals surface area contributed by atoms with Gasteiger partial charge in [0.05, 0.1) is 11.1 Å². The van der Waals surface area contributed by atoms with Crippen LogP contribution in [0.25, 0.3) is 0 Å². The number of rotatable bonds is 24. The van der Waals surface area contributed by atoms with E-state index in [0.29, 0.717) is 22.3 Å². The highest BCUT2D eigenvalue weighted by atomic mass is 32.2. The number of phenolic OH excluding ortho intramolecular Hbond substituents is 2. The van der Waals surface area contributed by atoms with E-state index < -0.39 is 0 Å². The minimum absolute atomic E-state index is 0.0456. The average Bonchev–Trinajstić information content (AvgIpc) is 3.05.